The van der Waals surface area contributed by atoms with Crippen LogP contribution < -0.4 is 9.47 Å². The molecule has 1 aromatic heterocycles. The highest BCUT2D eigenvalue weighted by molar-refractivity contribution is 8.00. The molecule has 1 aliphatic rings. The smallest absolute Gasteiger partial charge is 0.452 e. The van der Waals surface area contributed by atoms with Gasteiger partial charge in [-0.3, -0.25) is 9.36 Å². The summed E-state index contributed by atoms with van der Waals surface area (Å²) < 4.78 is 53.5. The molecule has 0 radical (unpaired) electrons. The summed E-state index contributed by atoms with van der Waals surface area (Å²) in [4.78, 5) is 11.6. The molecule has 33 heavy (non-hydrogen) atoms. The van der Waals surface area contributed by atoms with Crippen molar-refractivity contribution < 1.29 is 32.5 Å². The van der Waals surface area contributed by atoms with Crippen molar-refractivity contribution in [1.29, 1.82) is 0 Å². The number of ether oxygens (including phenoxy) is 2. The summed E-state index contributed by atoms with van der Waals surface area (Å²) in [5, 5.41) is 15.3. The molecular formula is C21H17ClF3N3O4S. The van der Waals surface area contributed by atoms with Gasteiger partial charge < -0.3 is 14.6 Å². The van der Waals surface area contributed by atoms with Crippen molar-refractivity contribution >= 4 is 29.3 Å². The SMILES string of the molecule is COc1cccc(OC)c1C1SC(CC(=O)O)c2nnc(C(F)(F)F)n2-c2ccc(Cl)cc21. The van der Waals surface area contributed by atoms with Gasteiger partial charge in [-0.2, -0.15) is 13.2 Å². The van der Waals surface area contributed by atoms with E-state index in [1.165, 1.54) is 26.4 Å². The minimum Gasteiger partial charge on any atom is -0.496 e. The third-order valence-corrected chi connectivity index (χ3v) is 6.83. The molecule has 0 amide bonds. The lowest BCUT2D eigenvalue weighted by Gasteiger charge is -2.24. The molecular weight excluding hydrogens is 483 g/mol. The zero-order chi connectivity index (χ0) is 23.9. The Kier molecular flexibility index (Phi) is 6.19. The van der Waals surface area contributed by atoms with Crippen LogP contribution in [0.3, 0.4) is 0 Å². The number of hydrogen-bond acceptors (Lipinski definition) is 6. The summed E-state index contributed by atoms with van der Waals surface area (Å²) >= 11 is 7.37. The van der Waals surface area contributed by atoms with Crippen molar-refractivity contribution in [1.82, 2.24) is 14.8 Å². The molecule has 4 rings (SSSR count). The van der Waals surface area contributed by atoms with E-state index in [0.717, 1.165) is 16.3 Å². The van der Waals surface area contributed by atoms with E-state index in [-0.39, 0.29) is 11.5 Å². The van der Waals surface area contributed by atoms with Crippen molar-refractivity contribution in [3.8, 4) is 17.2 Å². The number of halogens is 4. The van der Waals surface area contributed by atoms with Crippen molar-refractivity contribution in [3.63, 3.8) is 0 Å². The van der Waals surface area contributed by atoms with Crippen molar-refractivity contribution in [3.05, 3.63) is 64.2 Å². The average Bonchev–Trinajstić information content (AvgIpc) is 3.17. The van der Waals surface area contributed by atoms with E-state index in [2.05, 4.69) is 10.2 Å². The van der Waals surface area contributed by atoms with E-state index >= 15 is 0 Å². The van der Waals surface area contributed by atoms with E-state index in [0.29, 0.717) is 27.6 Å². The predicted molar refractivity (Wildman–Crippen MR) is 115 cm³/mol. The minimum absolute atomic E-state index is 0.116. The van der Waals surface area contributed by atoms with Crippen LogP contribution >= 0.6 is 23.4 Å². The second kappa shape index (κ2) is 8.79. The van der Waals surface area contributed by atoms with E-state index in [1.54, 1.807) is 24.3 Å². The topological polar surface area (TPSA) is 86.5 Å². The maximum atomic E-state index is 13.8. The van der Waals surface area contributed by atoms with Gasteiger partial charge in [0.05, 0.1) is 42.4 Å². The lowest BCUT2D eigenvalue weighted by Crippen LogP contribution is -2.16. The van der Waals surface area contributed by atoms with Gasteiger partial charge >= 0.3 is 12.1 Å². The van der Waals surface area contributed by atoms with E-state index in [9.17, 15) is 23.1 Å². The number of carboxylic acids is 1. The number of hydrogen-bond donors (Lipinski definition) is 1. The van der Waals surface area contributed by atoms with Gasteiger partial charge in [-0.1, -0.05) is 17.7 Å². The summed E-state index contributed by atoms with van der Waals surface area (Å²) in [6.45, 7) is 0. The fraction of sp³-hybridized carbons (Fsp3) is 0.286. The molecule has 0 saturated carbocycles. The molecule has 174 valence electrons. The van der Waals surface area contributed by atoms with Crippen molar-refractivity contribution in [2.24, 2.45) is 0 Å². The molecule has 1 N–H and O–H groups in total. The van der Waals surface area contributed by atoms with Crippen LogP contribution in [0.4, 0.5) is 13.2 Å². The molecule has 2 heterocycles. The Morgan fingerprint density at radius 2 is 1.85 bits per heavy atom. The zero-order valence-electron chi connectivity index (χ0n) is 17.3. The number of fused-ring (bicyclic) bond motifs is 3. The second-order valence-electron chi connectivity index (χ2n) is 7.10. The number of thioether (sulfide) groups is 1. The fourth-order valence-corrected chi connectivity index (χ4v) is 5.55. The Balaban J connectivity index is 2.06. The van der Waals surface area contributed by atoms with Crippen LogP contribution in [0.1, 0.15) is 39.7 Å². The molecule has 0 spiro atoms. The van der Waals surface area contributed by atoms with Crippen molar-refractivity contribution in [2.45, 2.75) is 23.1 Å². The molecule has 0 fully saturated rings. The molecule has 0 bridgehead atoms. The van der Waals surface area contributed by atoms with Gasteiger partial charge in [0.15, 0.2) is 5.82 Å². The van der Waals surface area contributed by atoms with E-state index < -0.39 is 34.9 Å². The number of aliphatic carboxylic acids is 1. The van der Waals surface area contributed by atoms with Crippen LogP contribution in [0.15, 0.2) is 36.4 Å². The molecule has 2 atom stereocenters. The lowest BCUT2D eigenvalue weighted by molar-refractivity contribution is -0.146. The first-order valence-corrected chi connectivity index (χ1v) is 10.9. The molecule has 1 aliphatic heterocycles. The van der Waals surface area contributed by atoms with Crippen LogP contribution in [-0.4, -0.2) is 40.1 Å². The quantitative estimate of drug-likeness (QED) is 0.509. The monoisotopic (exact) mass is 499 g/mol. The van der Waals surface area contributed by atoms with Crippen molar-refractivity contribution in [2.75, 3.05) is 14.2 Å². The Hall–Kier alpha value is -2.92. The van der Waals surface area contributed by atoms with Crippen LogP contribution in [0.5, 0.6) is 11.5 Å². The van der Waals surface area contributed by atoms with Gasteiger partial charge in [0.25, 0.3) is 0 Å². The number of carbonyl (C=O) groups is 1. The number of methoxy groups -OCH3 is 2. The number of alkyl halides is 3. The highest BCUT2D eigenvalue weighted by Crippen LogP contribution is 2.55. The minimum atomic E-state index is -4.82. The first-order chi connectivity index (χ1) is 15.7. The molecule has 2 aromatic carbocycles. The first-order valence-electron chi connectivity index (χ1n) is 9.56. The Bertz CT molecular complexity index is 1200. The number of rotatable bonds is 5. The second-order valence-corrected chi connectivity index (χ2v) is 8.85. The van der Waals surface area contributed by atoms with Crippen LogP contribution in [-0.2, 0) is 11.0 Å². The largest absolute Gasteiger partial charge is 0.496 e. The normalized spacial score (nSPS) is 17.6. The third kappa shape index (κ3) is 4.22. The number of benzene rings is 2. The van der Waals surface area contributed by atoms with Gasteiger partial charge in [0.1, 0.15) is 11.5 Å². The highest BCUT2D eigenvalue weighted by Gasteiger charge is 2.44. The zero-order valence-corrected chi connectivity index (χ0v) is 18.8. The van der Waals surface area contributed by atoms with Gasteiger partial charge in [-0.15, -0.1) is 22.0 Å². The Morgan fingerprint density at radius 1 is 1.18 bits per heavy atom. The molecule has 2 unspecified atom stereocenters. The summed E-state index contributed by atoms with van der Waals surface area (Å²) in [5.74, 6) is -1.69. The van der Waals surface area contributed by atoms with Crippen LogP contribution in [0, 0.1) is 0 Å². The molecule has 7 nitrogen and oxygen atoms in total. The maximum Gasteiger partial charge on any atom is 0.452 e. The number of carboxylic acid groups (broad SMARTS) is 1. The summed E-state index contributed by atoms with van der Waals surface area (Å²) in [7, 11) is 2.92. The van der Waals surface area contributed by atoms with Gasteiger partial charge in [-0.05, 0) is 35.9 Å². The van der Waals surface area contributed by atoms with Gasteiger partial charge in [-0.25, -0.2) is 0 Å². The summed E-state index contributed by atoms with van der Waals surface area (Å²) in [6, 6.07) is 9.56. The summed E-state index contributed by atoms with van der Waals surface area (Å²) in [6.07, 6.45) is -5.29. The standard InChI is InChI=1S/C21H17ClF3N3O4S/c1-31-13-4-3-5-14(32-2)17(13)18-11-8-10(22)6-7-12(11)28-19(15(33-18)9-16(29)30)26-27-20(28)21(23,24)25/h3-8,15,18H,9H2,1-2H3,(H,29,30). The predicted octanol–water partition coefficient (Wildman–Crippen LogP) is 5.31. The molecule has 3 aromatic rings. The van der Waals surface area contributed by atoms with Gasteiger partial charge in [0.2, 0.25) is 5.82 Å². The summed E-state index contributed by atoms with van der Waals surface area (Å²) in [5.41, 5.74) is 1.10. The lowest BCUT2D eigenvalue weighted by atomic mass is 10.00. The fourth-order valence-electron chi connectivity index (χ4n) is 3.82. The van der Waals surface area contributed by atoms with Crippen LogP contribution in [0.2, 0.25) is 5.02 Å². The first kappa shape index (κ1) is 23.2. The molecule has 12 heteroatoms. The Labute approximate surface area is 195 Å². The molecule has 0 saturated heterocycles. The maximum absolute atomic E-state index is 13.8. The Morgan fingerprint density at radius 3 is 2.42 bits per heavy atom. The number of aromatic nitrogens is 3. The molecule has 0 aliphatic carbocycles. The highest BCUT2D eigenvalue weighted by atomic mass is 35.5. The van der Waals surface area contributed by atoms with E-state index in [4.69, 9.17) is 21.1 Å². The van der Waals surface area contributed by atoms with E-state index in [1.807, 2.05) is 0 Å². The third-order valence-electron chi connectivity index (χ3n) is 5.13. The van der Waals surface area contributed by atoms with Crippen LogP contribution in [0.25, 0.3) is 5.69 Å². The average molecular weight is 500 g/mol. The van der Waals surface area contributed by atoms with Gasteiger partial charge in [0, 0.05) is 5.02 Å². The number of nitrogens with zero attached hydrogens (tertiary/aromatic N) is 3.